The van der Waals surface area contributed by atoms with Crippen molar-refractivity contribution in [3.8, 4) is 0 Å². The van der Waals surface area contributed by atoms with Crippen molar-refractivity contribution in [1.82, 2.24) is 0 Å². The molecule has 0 N–H and O–H groups in total. The Kier molecular flexibility index (Phi) is 6.81. The molecule has 1 saturated heterocycles. The van der Waals surface area contributed by atoms with Gasteiger partial charge in [-0.2, -0.15) is 0 Å². The summed E-state index contributed by atoms with van der Waals surface area (Å²) >= 11 is 3.58. The van der Waals surface area contributed by atoms with Crippen LogP contribution < -0.4 is 0 Å². The second-order valence-electron chi connectivity index (χ2n) is 4.00. The molecule has 0 spiro atoms. The van der Waals surface area contributed by atoms with Gasteiger partial charge in [0.15, 0.2) is 0 Å². The van der Waals surface area contributed by atoms with Gasteiger partial charge in [-0.25, -0.2) is 0 Å². The fourth-order valence-corrected chi connectivity index (χ4v) is 2.39. The summed E-state index contributed by atoms with van der Waals surface area (Å²) in [5.41, 5.74) is 0.282. The lowest BCUT2D eigenvalue weighted by atomic mass is 9.83. The maximum absolute atomic E-state index is 5.66. The maximum Gasteiger partial charge on any atom is 0.0700 e. The van der Waals surface area contributed by atoms with E-state index in [-0.39, 0.29) is 5.41 Å². The fourth-order valence-electron chi connectivity index (χ4n) is 1.67. The molecule has 0 amide bonds. The van der Waals surface area contributed by atoms with Crippen molar-refractivity contribution in [1.29, 1.82) is 0 Å². The zero-order valence-corrected chi connectivity index (χ0v) is 11.1. The van der Waals surface area contributed by atoms with E-state index < -0.39 is 0 Å². The molecule has 90 valence electrons. The van der Waals surface area contributed by atoms with Gasteiger partial charge in [-0.3, -0.25) is 0 Å². The van der Waals surface area contributed by atoms with E-state index in [1.807, 2.05) is 6.92 Å². The van der Waals surface area contributed by atoms with Gasteiger partial charge in [-0.05, 0) is 19.8 Å². The molecule has 0 radical (unpaired) electrons. The Labute approximate surface area is 101 Å². The Morgan fingerprint density at radius 3 is 2.47 bits per heavy atom. The van der Waals surface area contributed by atoms with Gasteiger partial charge >= 0.3 is 0 Å². The molecule has 1 aliphatic heterocycles. The molecule has 1 aliphatic rings. The molecular weight excluding hydrogens is 260 g/mol. The van der Waals surface area contributed by atoms with Crippen LogP contribution in [0.1, 0.15) is 19.8 Å². The van der Waals surface area contributed by atoms with Crippen LogP contribution in [-0.4, -0.2) is 45.0 Å². The Bertz CT molecular complexity index is 158. The van der Waals surface area contributed by atoms with Gasteiger partial charge in [-0.15, -0.1) is 0 Å². The molecule has 0 aromatic heterocycles. The quantitative estimate of drug-likeness (QED) is 0.529. The van der Waals surface area contributed by atoms with Crippen molar-refractivity contribution in [3.05, 3.63) is 0 Å². The van der Waals surface area contributed by atoms with Gasteiger partial charge in [0.1, 0.15) is 0 Å². The molecule has 0 aromatic rings. The van der Waals surface area contributed by atoms with E-state index in [4.69, 9.17) is 14.2 Å². The summed E-state index contributed by atoms with van der Waals surface area (Å²) < 4.78 is 16.3. The standard InChI is InChI=1S/C11H21BrO3/c1-2-13-7-8-15-10-11(9-12)3-5-14-6-4-11/h2-10H2,1H3. The minimum Gasteiger partial charge on any atom is -0.381 e. The van der Waals surface area contributed by atoms with Gasteiger partial charge in [0.2, 0.25) is 0 Å². The molecule has 0 aromatic carbocycles. The van der Waals surface area contributed by atoms with E-state index in [0.717, 1.165) is 44.6 Å². The van der Waals surface area contributed by atoms with E-state index >= 15 is 0 Å². The molecule has 0 atom stereocenters. The molecule has 1 heterocycles. The van der Waals surface area contributed by atoms with Gasteiger partial charge < -0.3 is 14.2 Å². The topological polar surface area (TPSA) is 27.7 Å². The number of alkyl halides is 1. The minimum atomic E-state index is 0.282. The van der Waals surface area contributed by atoms with E-state index in [1.165, 1.54) is 0 Å². The van der Waals surface area contributed by atoms with Gasteiger partial charge in [0, 0.05) is 30.6 Å². The van der Waals surface area contributed by atoms with Crippen molar-refractivity contribution in [2.45, 2.75) is 19.8 Å². The summed E-state index contributed by atoms with van der Waals surface area (Å²) in [6.07, 6.45) is 2.18. The van der Waals surface area contributed by atoms with Crippen LogP contribution >= 0.6 is 15.9 Å². The first-order chi connectivity index (χ1) is 7.33. The summed E-state index contributed by atoms with van der Waals surface area (Å²) in [7, 11) is 0. The average Bonchev–Trinajstić information content (AvgIpc) is 2.30. The highest BCUT2D eigenvalue weighted by Crippen LogP contribution is 2.32. The van der Waals surface area contributed by atoms with E-state index in [9.17, 15) is 0 Å². The van der Waals surface area contributed by atoms with Crippen molar-refractivity contribution >= 4 is 15.9 Å². The molecule has 0 aliphatic carbocycles. The highest BCUT2D eigenvalue weighted by atomic mass is 79.9. The molecule has 4 heteroatoms. The number of hydrogen-bond acceptors (Lipinski definition) is 3. The fraction of sp³-hybridized carbons (Fsp3) is 1.00. The summed E-state index contributed by atoms with van der Waals surface area (Å²) in [5, 5.41) is 0.998. The summed E-state index contributed by atoms with van der Waals surface area (Å²) in [6, 6.07) is 0. The number of hydrogen-bond donors (Lipinski definition) is 0. The average molecular weight is 281 g/mol. The Morgan fingerprint density at radius 1 is 1.20 bits per heavy atom. The number of ether oxygens (including phenoxy) is 3. The Morgan fingerprint density at radius 2 is 1.87 bits per heavy atom. The second-order valence-corrected chi connectivity index (χ2v) is 4.56. The largest absolute Gasteiger partial charge is 0.381 e. The van der Waals surface area contributed by atoms with Crippen LogP contribution in [0.15, 0.2) is 0 Å². The van der Waals surface area contributed by atoms with Crippen LogP contribution in [0.3, 0.4) is 0 Å². The third-order valence-corrected chi connectivity index (χ3v) is 4.01. The molecule has 0 saturated carbocycles. The molecule has 3 nitrogen and oxygen atoms in total. The molecule has 0 unspecified atom stereocenters. The van der Waals surface area contributed by atoms with E-state index in [2.05, 4.69) is 15.9 Å². The predicted molar refractivity (Wildman–Crippen MR) is 63.6 cm³/mol. The predicted octanol–water partition coefficient (Wildman–Crippen LogP) is 2.23. The minimum absolute atomic E-state index is 0.282. The Balaban J connectivity index is 2.15. The highest BCUT2D eigenvalue weighted by molar-refractivity contribution is 9.09. The summed E-state index contributed by atoms with van der Waals surface area (Å²) in [4.78, 5) is 0. The first-order valence-electron chi connectivity index (χ1n) is 5.62. The molecule has 0 bridgehead atoms. The lowest BCUT2D eigenvalue weighted by molar-refractivity contribution is -0.0381. The molecule has 1 rings (SSSR count). The van der Waals surface area contributed by atoms with Crippen LogP contribution in [0.4, 0.5) is 0 Å². The van der Waals surface area contributed by atoms with Gasteiger partial charge in [-0.1, -0.05) is 15.9 Å². The third kappa shape index (κ3) is 4.81. The summed E-state index contributed by atoms with van der Waals surface area (Å²) in [5.74, 6) is 0. The Hall–Kier alpha value is 0.360. The SMILES string of the molecule is CCOCCOCC1(CBr)CCOCC1. The van der Waals surface area contributed by atoms with E-state index in [1.54, 1.807) is 0 Å². The van der Waals surface area contributed by atoms with Gasteiger partial charge in [0.25, 0.3) is 0 Å². The number of rotatable bonds is 7. The molecular formula is C11H21BrO3. The normalized spacial score (nSPS) is 20.4. The first-order valence-corrected chi connectivity index (χ1v) is 6.74. The lowest BCUT2D eigenvalue weighted by Gasteiger charge is -2.35. The summed E-state index contributed by atoms with van der Waals surface area (Å²) in [6.45, 7) is 6.70. The van der Waals surface area contributed by atoms with Crippen LogP contribution in [-0.2, 0) is 14.2 Å². The second kappa shape index (κ2) is 7.60. The van der Waals surface area contributed by atoms with Crippen molar-refractivity contribution < 1.29 is 14.2 Å². The van der Waals surface area contributed by atoms with Gasteiger partial charge in [0.05, 0.1) is 19.8 Å². The molecule has 15 heavy (non-hydrogen) atoms. The highest BCUT2D eigenvalue weighted by Gasteiger charge is 2.31. The van der Waals surface area contributed by atoms with Crippen molar-refractivity contribution in [2.24, 2.45) is 5.41 Å². The smallest absolute Gasteiger partial charge is 0.0700 e. The van der Waals surface area contributed by atoms with Crippen molar-refractivity contribution in [3.63, 3.8) is 0 Å². The lowest BCUT2D eigenvalue weighted by Crippen LogP contribution is -2.36. The van der Waals surface area contributed by atoms with Crippen LogP contribution in [0.2, 0.25) is 0 Å². The third-order valence-electron chi connectivity index (χ3n) is 2.82. The number of halogens is 1. The maximum atomic E-state index is 5.66. The molecule has 1 fully saturated rings. The van der Waals surface area contributed by atoms with E-state index in [0.29, 0.717) is 13.2 Å². The monoisotopic (exact) mass is 280 g/mol. The zero-order chi connectivity index (χ0) is 11.0. The van der Waals surface area contributed by atoms with Crippen LogP contribution in [0.25, 0.3) is 0 Å². The van der Waals surface area contributed by atoms with Crippen LogP contribution in [0.5, 0.6) is 0 Å². The zero-order valence-electron chi connectivity index (χ0n) is 9.47. The van der Waals surface area contributed by atoms with Crippen molar-refractivity contribution in [2.75, 3.05) is 45.0 Å². The van der Waals surface area contributed by atoms with Crippen LogP contribution in [0, 0.1) is 5.41 Å². The first kappa shape index (κ1) is 13.4.